The number of aromatic nitrogens is 1. The van der Waals surface area contributed by atoms with Crippen molar-refractivity contribution in [3.63, 3.8) is 0 Å². The van der Waals surface area contributed by atoms with Crippen LogP contribution in [-0.2, 0) is 35.3 Å². The number of amides is 1. The van der Waals surface area contributed by atoms with E-state index in [2.05, 4.69) is 0 Å². The largest absolute Gasteiger partial charge is 0.619 e. The summed E-state index contributed by atoms with van der Waals surface area (Å²) in [5.41, 5.74) is 1.82. The monoisotopic (exact) mass is 490 g/mol. The molecular weight excluding hydrogens is 460 g/mol. The van der Waals surface area contributed by atoms with Gasteiger partial charge in [0.05, 0.1) is 24.7 Å². The van der Waals surface area contributed by atoms with Gasteiger partial charge in [0.2, 0.25) is 5.91 Å². The highest BCUT2D eigenvalue weighted by atomic mass is 32.2. The number of aryl methyl sites for hydroxylation is 1. The Morgan fingerprint density at radius 1 is 1.24 bits per heavy atom. The van der Waals surface area contributed by atoms with Crippen LogP contribution in [0.15, 0.2) is 53.7 Å². The van der Waals surface area contributed by atoms with Crippen LogP contribution in [0.3, 0.4) is 0 Å². The van der Waals surface area contributed by atoms with Gasteiger partial charge in [-0.1, -0.05) is 26.0 Å². The molecule has 34 heavy (non-hydrogen) atoms. The van der Waals surface area contributed by atoms with Crippen molar-refractivity contribution in [2.75, 3.05) is 32.1 Å². The van der Waals surface area contributed by atoms with Gasteiger partial charge in [-0.15, -0.1) is 0 Å². The molecule has 10 heteroatoms. The van der Waals surface area contributed by atoms with E-state index in [0.717, 1.165) is 11.1 Å². The average Bonchev–Trinajstić information content (AvgIpc) is 2.81. The minimum atomic E-state index is -3.87. The Labute approximate surface area is 199 Å². The van der Waals surface area contributed by atoms with E-state index in [9.17, 15) is 23.2 Å². The number of hydrogen-bond acceptors (Lipinski definition) is 7. The molecular formula is C24H30N2O7S. The molecule has 0 N–H and O–H groups in total. The first kappa shape index (κ1) is 25.6. The number of benzene rings is 1. The lowest BCUT2D eigenvalue weighted by Gasteiger charge is -2.33. The molecule has 9 nitrogen and oxygen atoms in total. The first-order valence-electron chi connectivity index (χ1n) is 11.2. The van der Waals surface area contributed by atoms with Crippen molar-refractivity contribution >= 4 is 21.7 Å². The van der Waals surface area contributed by atoms with E-state index < -0.39 is 33.5 Å². The fourth-order valence-electron chi connectivity index (χ4n) is 3.68. The zero-order valence-corrected chi connectivity index (χ0v) is 20.2. The third-order valence-electron chi connectivity index (χ3n) is 5.63. The van der Waals surface area contributed by atoms with Gasteiger partial charge in [-0.2, -0.15) is 4.73 Å². The summed E-state index contributed by atoms with van der Waals surface area (Å²) in [7, 11) is -3.87. The topological polar surface area (TPSA) is 117 Å². The van der Waals surface area contributed by atoms with Gasteiger partial charge in [0.25, 0.3) is 0 Å². The molecule has 1 atom stereocenters. The maximum atomic E-state index is 12.9. The highest BCUT2D eigenvalue weighted by Crippen LogP contribution is 2.19. The molecule has 1 saturated heterocycles. The lowest BCUT2D eigenvalue weighted by Crippen LogP contribution is -2.54. The fourth-order valence-corrected chi connectivity index (χ4v) is 4.89. The fraction of sp³-hybridized carbons (Fsp3) is 0.458. The SMILES string of the molecule is CC(C)c1ccc(S(=O)(=O)CC(=O)N2CCOCC2C(=O)OCCCc2ccc[n+]([O-])c2)cc1. The molecule has 0 saturated carbocycles. The van der Waals surface area contributed by atoms with Crippen LogP contribution >= 0.6 is 0 Å². The second-order valence-corrected chi connectivity index (χ2v) is 10.5. The normalized spacial score (nSPS) is 16.4. The number of sulfone groups is 1. The van der Waals surface area contributed by atoms with Crippen LogP contribution < -0.4 is 4.73 Å². The number of nitrogens with zero attached hydrogens (tertiary/aromatic N) is 2. The van der Waals surface area contributed by atoms with E-state index in [-0.39, 0.29) is 37.2 Å². The molecule has 1 aliphatic rings. The smallest absolute Gasteiger partial charge is 0.331 e. The number of hydrogen-bond donors (Lipinski definition) is 0. The van der Waals surface area contributed by atoms with Crippen molar-refractivity contribution in [1.29, 1.82) is 0 Å². The molecule has 0 bridgehead atoms. The van der Waals surface area contributed by atoms with Gasteiger partial charge in [-0.25, -0.2) is 13.2 Å². The van der Waals surface area contributed by atoms with Crippen LogP contribution in [-0.4, -0.2) is 63.4 Å². The Kier molecular flexibility index (Phi) is 8.62. The number of esters is 1. The second kappa shape index (κ2) is 11.4. The number of carbonyl (C=O) groups excluding carboxylic acids is 2. The molecule has 184 valence electrons. The van der Waals surface area contributed by atoms with Crippen molar-refractivity contribution in [3.05, 3.63) is 65.1 Å². The highest BCUT2D eigenvalue weighted by molar-refractivity contribution is 7.92. The third-order valence-corrected chi connectivity index (χ3v) is 7.25. The molecule has 0 radical (unpaired) electrons. The summed E-state index contributed by atoms with van der Waals surface area (Å²) in [5.74, 6) is -1.78. The Hall–Kier alpha value is -2.98. The quantitative estimate of drug-likeness (QED) is 0.227. The molecule has 3 rings (SSSR count). The summed E-state index contributed by atoms with van der Waals surface area (Å²) in [6.45, 7) is 4.38. The summed E-state index contributed by atoms with van der Waals surface area (Å²) < 4.78 is 37.0. The van der Waals surface area contributed by atoms with E-state index in [0.29, 0.717) is 17.6 Å². The highest BCUT2D eigenvalue weighted by Gasteiger charge is 2.36. The van der Waals surface area contributed by atoms with Crippen molar-refractivity contribution < 1.29 is 32.2 Å². The van der Waals surface area contributed by atoms with Crippen molar-refractivity contribution in [3.8, 4) is 0 Å². The molecule has 2 heterocycles. The lowest BCUT2D eigenvalue weighted by molar-refractivity contribution is -0.605. The van der Waals surface area contributed by atoms with Gasteiger partial charge >= 0.3 is 5.97 Å². The van der Waals surface area contributed by atoms with E-state index in [1.807, 2.05) is 19.9 Å². The number of carbonyl (C=O) groups is 2. The maximum Gasteiger partial charge on any atom is 0.331 e. The second-order valence-electron chi connectivity index (χ2n) is 8.50. The Morgan fingerprint density at radius 3 is 2.65 bits per heavy atom. The van der Waals surface area contributed by atoms with Gasteiger partial charge in [-0.05, 0) is 42.5 Å². The van der Waals surface area contributed by atoms with Crippen LogP contribution in [0.2, 0.25) is 0 Å². The van der Waals surface area contributed by atoms with Gasteiger partial charge in [0.1, 0.15) is 5.75 Å². The first-order chi connectivity index (χ1) is 16.2. The van der Waals surface area contributed by atoms with Crippen LogP contribution in [0.25, 0.3) is 0 Å². The standard InChI is InChI=1S/C24H30N2O7S/c1-18(2)20-7-9-21(10-8-20)34(30,31)17-23(27)26-12-14-32-16-22(26)24(28)33-13-4-6-19-5-3-11-25(29)15-19/h3,5,7-11,15,18,22H,4,6,12-14,16-17H2,1-2H3. The summed E-state index contributed by atoms with van der Waals surface area (Å²) in [6.07, 6.45) is 3.89. The number of ether oxygens (including phenoxy) is 2. The van der Waals surface area contributed by atoms with Crippen LogP contribution in [0, 0.1) is 5.21 Å². The minimum Gasteiger partial charge on any atom is -0.619 e. The molecule has 1 aromatic carbocycles. The van der Waals surface area contributed by atoms with E-state index >= 15 is 0 Å². The van der Waals surface area contributed by atoms with Gasteiger partial charge < -0.3 is 19.6 Å². The lowest BCUT2D eigenvalue weighted by atomic mass is 10.0. The van der Waals surface area contributed by atoms with Gasteiger partial charge in [-0.3, -0.25) is 4.79 Å². The third kappa shape index (κ3) is 6.77. The Balaban J connectivity index is 1.57. The molecule has 1 unspecified atom stereocenters. The van der Waals surface area contributed by atoms with E-state index in [4.69, 9.17) is 9.47 Å². The Bertz CT molecular complexity index is 1100. The van der Waals surface area contributed by atoms with Crippen molar-refractivity contribution in [1.82, 2.24) is 4.90 Å². The molecule has 0 aliphatic carbocycles. The van der Waals surface area contributed by atoms with Gasteiger partial charge in [0.15, 0.2) is 28.3 Å². The van der Waals surface area contributed by atoms with Crippen molar-refractivity contribution in [2.24, 2.45) is 0 Å². The van der Waals surface area contributed by atoms with Crippen LogP contribution in [0.5, 0.6) is 0 Å². The molecule has 0 spiro atoms. The van der Waals surface area contributed by atoms with Crippen LogP contribution in [0.4, 0.5) is 0 Å². The molecule has 2 aromatic rings. The summed E-state index contributed by atoms with van der Waals surface area (Å²) in [4.78, 5) is 26.8. The summed E-state index contributed by atoms with van der Waals surface area (Å²) in [6, 6.07) is 8.94. The Morgan fingerprint density at radius 2 is 1.97 bits per heavy atom. The molecule has 1 aromatic heterocycles. The van der Waals surface area contributed by atoms with E-state index in [1.165, 1.54) is 29.4 Å². The van der Waals surface area contributed by atoms with Gasteiger partial charge in [0, 0.05) is 18.2 Å². The summed E-state index contributed by atoms with van der Waals surface area (Å²) >= 11 is 0. The number of rotatable bonds is 9. The zero-order valence-electron chi connectivity index (χ0n) is 19.4. The predicted molar refractivity (Wildman–Crippen MR) is 124 cm³/mol. The molecule has 1 amide bonds. The van der Waals surface area contributed by atoms with E-state index in [1.54, 1.807) is 18.2 Å². The number of morpholine rings is 1. The maximum absolute atomic E-state index is 12.9. The number of pyridine rings is 1. The first-order valence-corrected chi connectivity index (χ1v) is 12.9. The zero-order chi connectivity index (χ0) is 24.7. The average molecular weight is 491 g/mol. The summed E-state index contributed by atoms with van der Waals surface area (Å²) in [5, 5.41) is 11.3. The van der Waals surface area contributed by atoms with Crippen molar-refractivity contribution in [2.45, 2.75) is 43.5 Å². The predicted octanol–water partition coefficient (Wildman–Crippen LogP) is 1.62. The molecule has 1 fully saturated rings. The molecule has 1 aliphatic heterocycles. The van der Waals surface area contributed by atoms with Crippen LogP contribution in [0.1, 0.15) is 37.3 Å². The minimum absolute atomic E-state index is 0.0530.